The minimum Gasteiger partial charge on any atom is -0.192 e. The van der Waals surface area contributed by atoms with Crippen molar-refractivity contribution < 1.29 is 52.7 Å². The fraction of sp³-hybridized carbons (Fsp3) is 0.0952. The molecule has 60 heavy (non-hydrogen) atoms. The maximum Gasteiger partial charge on any atom is 0.416 e. The highest BCUT2D eigenvalue weighted by Gasteiger charge is 2.38. The van der Waals surface area contributed by atoms with Crippen LogP contribution in [0.4, 0.5) is 52.7 Å². The van der Waals surface area contributed by atoms with Crippen LogP contribution in [0.15, 0.2) is 84.9 Å². The summed E-state index contributed by atoms with van der Waals surface area (Å²) >= 11 is 0. The number of hydrogen-bond acceptors (Lipinski definition) is 6. The van der Waals surface area contributed by atoms with E-state index in [0.29, 0.717) is 24.3 Å². The zero-order chi connectivity index (χ0) is 44.5. The van der Waals surface area contributed by atoms with Crippen molar-refractivity contribution in [2.24, 2.45) is 0 Å². The molecule has 6 nitrogen and oxygen atoms in total. The van der Waals surface area contributed by atoms with Crippen molar-refractivity contribution in [2.75, 3.05) is 0 Å². The molecule has 0 N–H and O–H groups in total. The van der Waals surface area contributed by atoms with Crippen LogP contribution < -0.4 is 10.4 Å². The third-order valence-corrected chi connectivity index (χ3v) is 8.73. The van der Waals surface area contributed by atoms with E-state index < -0.39 is 90.8 Å². The second kappa shape index (κ2) is 15.7. The maximum atomic E-state index is 13.8. The predicted octanol–water partition coefficient (Wildman–Crippen LogP) is 10.6. The number of halogens is 12. The van der Waals surface area contributed by atoms with Gasteiger partial charge in [-0.2, -0.15) is 84.3 Å². The van der Waals surface area contributed by atoms with E-state index >= 15 is 0 Å². The van der Waals surface area contributed by atoms with E-state index in [2.05, 4.69) is 0 Å². The highest BCUT2D eigenvalue weighted by molar-refractivity contribution is 5.88. The van der Waals surface area contributed by atoms with E-state index in [4.69, 9.17) is 0 Å². The minimum atomic E-state index is -5.27. The SMILES string of the molecule is N#CC(C#N)=c1cc(-c2cc(C#N)cc(-c3cc(C(F)(F)F)cc(C(F)(F)F)c3)c2)c(=C(C#N)C#N)cc1-c1cc(C#N)cc(-c2cc(C(F)(F)F)cc(C(F)(F)F)c2)c1. The lowest BCUT2D eigenvalue weighted by Crippen LogP contribution is -2.19. The summed E-state index contributed by atoms with van der Waals surface area (Å²) in [6.45, 7) is 0. The van der Waals surface area contributed by atoms with Gasteiger partial charge >= 0.3 is 24.7 Å². The quantitative estimate of drug-likeness (QED) is 0.165. The van der Waals surface area contributed by atoms with Gasteiger partial charge in [-0.1, -0.05) is 0 Å². The summed E-state index contributed by atoms with van der Waals surface area (Å²) in [5.74, 6) is 0. The van der Waals surface area contributed by atoms with Crippen LogP contribution >= 0.6 is 0 Å². The molecular formula is C42H14F12N6. The van der Waals surface area contributed by atoms with Crippen LogP contribution in [-0.4, -0.2) is 0 Å². The molecule has 0 saturated carbocycles. The van der Waals surface area contributed by atoms with Gasteiger partial charge in [-0.15, -0.1) is 0 Å². The number of nitrogens with zero attached hydrogens (tertiary/aromatic N) is 6. The van der Waals surface area contributed by atoms with Gasteiger partial charge in [0.05, 0.1) is 45.5 Å². The summed E-state index contributed by atoms with van der Waals surface area (Å²) in [4.78, 5) is 0. The highest BCUT2D eigenvalue weighted by Crippen LogP contribution is 2.41. The Labute approximate surface area is 329 Å². The van der Waals surface area contributed by atoms with E-state index in [1.165, 1.54) is 0 Å². The van der Waals surface area contributed by atoms with Gasteiger partial charge in [-0.25, -0.2) is 0 Å². The number of nitriles is 6. The Morgan fingerprint density at radius 2 is 0.567 bits per heavy atom. The Kier molecular flexibility index (Phi) is 11.3. The standard InChI is InChI=1S/C42H14F12N6/c43-39(44,45)31-7-25(8-32(11-31)40(46,47)48)23-1-21(15-55)3-27(5-23)35-13-38(30(19-59)20-60)36(14-37(35)29(17-57)18-58)28-4-22(16-56)2-24(6-28)26-9-33(41(49,50)51)12-34(10-26)42(52,53)54/h1-14H. The molecule has 0 heterocycles. The molecule has 18 heteroatoms. The highest BCUT2D eigenvalue weighted by atomic mass is 19.4. The Morgan fingerprint density at radius 1 is 0.317 bits per heavy atom. The molecule has 0 aliphatic rings. The van der Waals surface area contributed by atoms with Gasteiger partial charge in [0.1, 0.15) is 35.4 Å². The Balaban J connectivity index is 1.93. The molecule has 0 spiro atoms. The zero-order valence-electron chi connectivity index (χ0n) is 29.3. The molecule has 0 amide bonds. The van der Waals surface area contributed by atoms with Crippen LogP contribution in [0.2, 0.25) is 0 Å². The third kappa shape index (κ3) is 8.90. The maximum absolute atomic E-state index is 13.8. The average molecular weight is 831 g/mol. The van der Waals surface area contributed by atoms with Crippen LogP contribution in [0.3, 0.4) is 0 Å². The molecule has 0 radical (unpaired) electrons. The van der Waals surface area contributed by atoms with Gasteiger partial charge in [-0.05, 0) is 129 Å². The van der Waals surface area contributed by atoms with Gasteiger partial charge in [0.2, 0.25) is 0 Å². The summed E-state index contributed by atoms with van der Waals surface area (Å²) in [6.07, 6.45) is -21.1. The normalized spacial score (nSPS) is 11.6. The van der Waals surface area contributed by atoms with E-state index in [-0.39, 0.29) is 45.5 Å². The second-order valence-corrected chi connectivity index (χ2v) is 12.6. The summed E-state index contributed by atoms with van der Waals surface area (Å²) < 4.78 is 165. The van der Waals surface area contributed by atoms with Crippen molar-refractivity contribution in [3.63, 3.8) is 0 Å². The van der Waals surface area contributed by atoms with Crippen LogP contribution in [0, 0.1) is 68.0 Å². The first-order valence-electron chi connectivity index (χ1n) is 16.2. The molecule has 296 valence electrons. The smallest absolute Gasteiger partial charge is 0.192 e. The van der Waals surface area contributed by atoms with Gasteiger partial charge in [0, 0.05) is 10.4 Å². The third-order valence-electron chi connectivity index (χ3n) is 8.73. The summed E-state index contributed by atoms with van der Waals surface area (Å²) in [6, 6.07) is 19.1. The molecule has 0 aliphatic heterocycles. The fourth-order valence-electron chi connectivity index (χ4n) is 6.05. The van der Waals surface area contributed by atoms with Crippen molar-refractivity contribution in [3.8, 4) is 80.9 Å². The van der Waals surface area contributed by atoms with Crippen molar-refractivity contribution in [1.82, 2.24) is 0 Å². The fourth-order valence-corrected chi connectivity index (χ4v) is 6.05. The molecule has 0 aliphatic carbocycles. The van der Waals surface area contributed by atoms with Crippen molar-refractivity contribution in [3.05, 3.63) is 129 Å². The Hall–Kier alpha value is -8.06. The molecule has 0 saturated heterocycles. The van der Waals surface area contributed by atoms with E-state index in [0.717, 1.165) is 48.5 Å². The molecule has 0 fully saturated rings. The number of alkyl halides is 12. The van der Waals surface area contributed by atoms with Crippen LogP contribution in [-0.2, 0) is 24.7 Å². The van der Waals surface area contributed by atoms with Crippen LogP contribution in [0.25, 0.3) is 55.7 Å². The van der Waals surface area contributed by atoms with E-state index in [1.54, 1.807) is 36.4 Å². The van der Waals surface area contributed by atoms with E-state index in [9.17, 15) is 84.3 Å². The van der Waals surface area contributed by atoms with Crippen molar-refractivity contribution in [1.29, 1.82) is 31.6 Å². The molecule has 5 rings (SSSR count). The van der Waals surface area contributed by atoms with Crippen molar-refractivity contribution in [2.45, 2.75) is 24.7 Å². The first kappa shape index (κ1) is 43.1. The molecule has 0 atom stereocenters. The van der Waals surface area contributed by atoms with E-state index in [1.807, 2.05) is 0 Å². The largest absolute Gasteiger partial charge is 0.416 e. The topological polar surface area (TPSA) is 143 Å². The molecule has 0 unspecified atom stereocenters. The summed E-state index contributed by atoms with van der Waals surface area (Å²) in [7, 11) is 0. The first-order chi connectivity index (χ1) is 27.9. The molecule has 0 aromatic heterocycles. The van der Waals surface area contributed by atoms with Gasteiger partial charge in [-0.3, -0.25) is 0 Å². The Bertz CT molecular complexity index is 2700. The molecule has 5 aromatic rings. The molecule has 0 bridgehead atoms. The molecule has 5 aromatic carbocycles. The van der Waals surface area contributed by atoms with Gasteiger partial charge in [0.25, 0.3) is 0 Å². The minimum absolute atomic E-state index is 0.126. The lowest BCUT2D eigenvalue weighted by atomic mass is 9.88. The number of rotatable bonds is 4. The van der Waals surface area contributed by atoms with Crippen LogP contribution in [0.1, 0.15) is 33.4 Å². The van der Waals surface area contributed by atoms with Gasteiger partial charge < -0.3 is 0 Å². The number of hydrogen-bond donors (Lipinski definition) is 0. The van der Waals surface area contributed by atoms with Gasteiger partial charge in [0.15, 0.2) is 0 Å². The number of benzene rings is 5. The summed E-state index contributed by atoms with van der Waals surface area (Å²) in [5.41, 5.74) is -12.2. The summed E-state index contributed by atoms with van der Waals surface area (Å²) in [5, 5.41) is 58.8. The monoisotopic (exact) mass is 830 g/mol. The zero-order valence-corrected chi connectivity index (χ0v) is 29.3. The lowest BCUT2D eigenvalue weighted by Gasteiger charge is -2.16. The van der Waals surface area contributed by atoms with Crippen LogP contribution in [0.5, 0.6) is 0 Å². The predicted molar refractivity (Wildman–Crippen MR) is 186 cm³/mol. The average Bonchev–Trinajstić information content (AvgIpc) is 3.19. The van der Waals surface area contributed by atoms with Crippen molar-refractivity contribution >= 4 is 11.1 Å². The Morgan fingerprint density at radius 3 is 0.800 bits per heavy atom. The lowest BCUT2D eigenvalue weighted by molar-refractivity contribution is -0.144. The second-order valence-electron chi connectivity index (χ2n) is 12.6. The molecular weight excluding hydrogens is 816 g/mol. The first-order valence-corrected chi connectivity index (χ1v) is 16.2.